The van der Waals surface area contributed by atoms with Crippen molar-refractivity contribution in [2.24, 2.45) is 11.8 Å². The number of hydrogen-bond acceptors (Lipinski definition) is 1. The molecule has 0 heterocycles. The highest BCUT2D eigenvalue weighted by Gasteiger charge is 2.40. The summed E-state index contributed by atoms with van der Waals surface area (Å²) >= 11 is 0. The van der Waals surface area contributed by atoms with Crippen LogP contribution >= 0.6 is 0 Å². The maximum atomic E-state index is 15.0. The monoisotopic (exact) mass is 490 g/mol. The lowest BCUT2D eigenvalue weighted by molar-refractivity contribution is -0.273. The van der Waals surface area contributed by atoms with E-state index in [2.05, 4.69) is 13.8 Å². The third-order valence-electron chi connectivity index (χ3n) is 8.51. The molecule has 4 rings (SSSR count). The molecule has 0 radical (unpaired) electrons. The first-order valence-electron chi connectivity index (χ1n) is 13.3. The summed E-state index contributed by atoms with van der Waals surface area (Å²) in [7, 11) is 0. The van der Waals surface area contributed by atoms with Crippen LogP contribution in [0.15, 0.2) is 36.4 Å². The molecule has 0 amide bonds. The molecule has 0 spiro atoms. The summed E-state index contributed by atoms with van der Waals surface area (Å²) in [5, 5.41) is 0. The van der Waals surface area contributed by atoms with Crippen LogP contribution in [0, 0.1) is 23.5 Å². The fraction of sp³-hybridized carbons (Fsp3) is 0.600. The van der Waals surface area contributed by atoms with Crippen molar-refractivity contribution in [2.45, 2.75) is 103 Å². The lowest BCUT2D eigenvalue weighted by Gasteiger charge is -2.29. The van der Waals surface area contributed by atoms with Gasteiger partial charge < -0.3 is 4.74 Å². The minimum Gasteiger partial charge on any atom is -0.309 e. The van der Waals surface area contributed by atoms with Gasteiger partial charge in [0.25, 0.3) is 0 Å². The Labute approximate surface area is 207 Å². The van der Waals surface area contributed by atoms with Crippen molar-refractivity contribution in [3.05, 3.63) is 70.3 Å². The van der Waals surface area contributed by atoms with Gasteiger partial charge in [-0.05, 0) is 91.9 Å². The van der Waals surface area contributed by atoms with Gasteiger partial charge in [-0.15, -0.1) is 0 Å². The predicted octanol–water partition coefficient (Wildman–Crippen LogP) is 9.77. The van der Waals surface area contributed by atoms with Gasteiger partial charge in [-0.25, -0.2) is 8.78 Å². The molecule has 2 aliphatic rings. The molecular formula is C30H38F4O. The van der Waals surface area contributed by atoms with Crippen molar-refractivity contribution in [3.63, 3.8) is 0 Å². The Hall–Kier alpha value is -1.88. The summed E-state index contributed by atoms with van der Waals surface area (Å²) in [6, 6.07) is 9.92. The third kappa shape index (κ3) is 5.93. The molecule has 5 heteroatoms. The van der Waals surface area contributed by atoms with E-state index in [1.807, 2.05) is 24.3 Å². The van der Waals surface area contributed by atoms with Gasteiger partial charge in [0.05, 0.1) is 11.7 Å². The van der Waals surface area contributed by atoms with Crippen LogP contribution in [0.4, 0.5) is 17.6 Å². The maximum absolute atomic E-state index is 15.0. The Morgan fingerprint density at radius 3 is 2.03 bits per heavy atom. The van der Waals surface area contributed by atoms with Crippen molar-refractivity contribution in [1.29, 1.82) is 0 Å². The predicted molar refractivity (Wildman–Crippen MR) is 132 cm³/mol. The van der Waals surface area contributed by atoms with Gasteiger partial charge in [0.15, 0.2) is 11.6 Å². The van der Waals surface area contributed by atoms with E-state index >= 15 is 0 Å². The molecule has 35 heavy (non-hydrogen) atoms. The van der Waals surface area contributed by atoms with Gasteiger partial charge in [-0.1, -0.05) is 63.4 Å². The van der Waals surface area contributed by atoms with Crippen molar-refractivity contribution in [2.75, 3.05) is 0 Å². The zero-order chi connectivity index (χ0) is 25.2. The van der Waals surface area contributed by atoms with E-state index in [0.717, 1.165) is 50.5 Å². The second-order valence-electron chi connectivity index (χ2n) is 10.9. The molecule has 2 fully saturated rings. The SMILES string of the molecule is CCC1CCC(c2ccc(C(C)OC(F)(F)c3ccc(C4CCC(C)CC4)c(F)c3F)cc2)CC1. The van der Waals surface area contributed by atoms with Crippen molar-refractivity contribution in [3.8, 4) is 0 Å². The number of rotatable bonds is 7. The van der Waals surface area contributed by atoms with Gasteiger partial charge in [0.2, 0.25) is 0 Å². The van der Waals surface area contributed by atoms with E-state index in [1.54, 1.807) is 0 Å². The molecule has 0 aromatic heterocycles. The molecule has 2 aliphatic carbocycles. The Kier molecular flexibility index (Phi) is 8.25. The lowest BCUT2D eigenvalue weighted by Crippen LogP contribution is -2.23. The van der Waals surface area contributed by atoms with Crippen molar-refractivity contribution in [1.82, 2.24) is 0 Å². The Morgan fingerprint density at radius 2 is 1.43 bits per heavy atom. The number of ether oxygens (including phenoxy) is 1. The summed E-state index contributed by atoms with van der Waals surface area (Å²) in [6.07, 6.45) is 4.44. The highest BCUT2D eigenvalue weighted by atomic mass is 19.3. The average molecular weight is 491 g/mol. The standard InChI is InChI=1S/C30H38F4O/c1-4-21-7-11-23(12-8-21)24-15-13-22(14-16-24)20(3)35-30(33,34)27-18-17-26(28(31)29(27)32)25-9-5-19(2)6-10-25/h13-21,23,25H,4-12H2,1-3H3. The zero-order valence-electron chi connectivity index (χ0n) is 21.1. The van der Waals surface area contributed by atoms with Gasteiger partial charge in [0, 0.05) is 0 Å². The lowest BCUT2D eigenvalue weighted by atomic mass is 9.78. The molecule has 2 aromatic carbocycles. The Balaban J connectivity index is 1.43. The highest BCUT2D eigenvalue weighted by Crippen LogP contribution is 2.42. The summed E-state index contributed by atoms with van der Waals surface area (Å²) < 4.78 is 64.6. The zero-order valence-corrected chi connectivity index (χ0v) is 21.1. The molecular weight excluding hydrogens is 452 g/mol. The van der Waals surface area contributed by atoms with Gasteiger partial charge >= 0.3 is 6.11 Å². The van der Waals surface area contributed by atoms with Crippen LogP contribution in [0.5, 0.6) is 0 Å². The van der Waals surface area contributed by atoms with E-state index in [9.17, 15) is 17.6 Å². The molecule has 0 aliphatic heterocycles. The molecule has 0 N–H and O–H groups in total. The fourth-order valence-electron chi connectivity index (χ4n) is 5.97. The summed E-state index contributed by atoms with van der Waals surface area (Å²) in [5.41, 5.74) is 0.970. The fourth-order valence-corrected chi connectivity index (χ4v) is 5.97. The molecule has 1 atom stereocenters. The van der Waals surface area contributed by atoms with Crippen LogP contribution in [0.3, 0.4) is 0 Å². The molecule has 2 aromatic rings. The molecule has 1 unspecified atom stereocenters. The van der Waals surface area contributed by atoms with Gasteiger partial charge in [0.1, 0.15) is 0 Å². The Bertz CT molecular complexity index is 971. The number of halogens is 4. The minimum absolute atomic E-state index is 0.126. The summed E-state index contributed by atoms with van der Waals surface area (Å²) in [5.74, 6) is -0.919. The van der Waals surface area contributed by atoms with Crippen LogP contribution in [0.25, 0.3) is 0 Å². The van der Waals surface area contributed by atoms with Crippen molar-refractivity contribution < 1.29 is 22.3 Å². The third-order valence-corrected chi connectivity index (χ3v) is 8.51. The normalized spacial score (nSPS) is 26.5. The van der Waals surface area contributed by atoms with Gasteiger partial charge in [-0.2, -0.15) is 8.78 Å². The van der Waals surface area contributed by atoms with E-state index in [-0.39, 0.29) is 11.5 Å². The second-order valence-corrected chi connectivity index (χ2v) is 10.9. The minimum atomic E-state index is -3.94. The van der Waals surface area contributed by atoms with Crippen LogP contribution in [0.2, 0.25) is 0 Å². The first-order valence-corrected chi connectivity index (χ1v) is 13.3. The van der Waals surface area contributed by atoms with Crippen molar-refractivity contribution >= 4 is 0 Å². The quantitative estimate of drug-likeness (QED) is 0.351. The summed E-state index contributed by atoms with van der Waals surface area (Å²) in [4.78, 5) is 0. The van der Waals surface area contributed by atoms with E-state index in [0.29, 0.717) is 17.4 Å². The number of benzene rings is 2. The number of hydrogen-bond donors (Lipinski definition) is 0. The van der Waals surface area contributed by atoms with Crippen LogP contribution in [-0.2, 0) is 10.8 Å². The van der Waals surface area contributed by atoms with Gasteiger partial charge in [-0.3, -0.25) is 0 Å². The summed E-state index contributed by atoms with van der Waals surface area (Å²) in [6.45, 7) is 5.89. The van der Waals surface area contributed by atoms with Crippen LogP contribution < -0.4 is 0 Å². The first-order chi connectivity index (χ1) is 16.7. The largest absolute Gasteiger partial charge is 0.386 e. The molecule has 192 valence electrons. The van der Waals surface area contributed by atoms with E-state index < -0.39 is 29.4 Å². The molecule has 0 saturated heterocycles. The maximum Gasteiger partial charge on any atom is 0.386 e. The number of alkyl halides is 2. The topological polar surface area (TPSA) is 9.23 Å². The Morgan fingerprint density at radius 1 is 0.829 bits per heavy atom. The van der Waals surface area contributed by atoms with Crippen LogP contribution in [0.1, 0.15) is 119 Å². The molecule has 1 nitrogen and oxygen atoms in total. The molecule has 0 bridgehead atoms. The smallest absolute Gasteiger partial charge is 0.309 e. The molecule has 2 saturated carbocycles. The van der Waals surface area contributed by atoms with Crippen LogP contribution in [-0.4, -0.2) is 0 Å². The average Bonchev–Trinajstić information content (AvgIpc) is 2.86. The highest BCUT2D eigenvalue weighted by molar-refractivity contribution is 5.32. The van der Waals surface area contributed by atoms with E-state index in [4.69, 9.17) is 4.74 Å². The van der Waals surface area contributed by atoms with E-state index in [1.165, 1.54) is 37.8 Å². The first kappa shape index (κ1) is 26.2. The second kappa shape index (κ2) is 11.0.